The molecule has 1 aliphatic carbocycles. The summed E-state index contributed by atoms with van der Waals surface area (Å²) in [6, 6.07) is 0. The number of hydrogen-bond acceptors (Lipinski definition) is 7. The maximum Gasteiger partial charge on any atom is 0.437 e. The molecule has 2 unspecified atom stereocenters. The number of nitrogen functional groups attached to an aromatic ring is 2. The van der Waals surface area contributed by atoms with E-state index in [1.807, 2.05) is 0 Å². The average molecular weight is 438 g/mol. The second-order valence-corrected chi connectivity index (χ2v) is 7.64. The van der Waals surface area contributed by atoms with E-state index in [1.165, 1.54) is 11.6 Å². The maximum atomic E-state index is 13.2. The van der Waals surface area contributed by atoms with Gasteiger partial charge in [-0.3, -0.25) is 9.48 Å². The van der Waals surface area contributed by atoms with Crippen molar-refractivity contribution in [2.75, 3.05) is 16.8 Å². The third-order valence-electron chi connectivity index (χ3n) is 5.35. The molecule has 0 aromatic carbocycles. The number of carbonyl (C=O) groups excluding carboxylic acids is 1. The molecule has 10 nitrogen and oxygen atoms in total. The summed E-state index contributed by atoms with van der Waals surface area (Å²) in [5.41, 5.74) is 10.7. The van der Waals surface area contributed by atoms with E-state index in [2.05, 4.69) is 20.5 Å². The number of hydrogen-bond donors (Lipinski definition) is 4. The van der Waals surface area contributed by atoms with Crippen molar-refractivity contribution in [1.82, 2.24) is 24.4 Å². The van der Waals surface area contributed by atoms with Crippen LogP contribution in [0, 0.1) is 0 Å². The smallest absolute Gasteiger partial charge is 0.393 e. The Bertz CT molecular complexity index is 1150. The van der Waals surface area contributed by atoms with Gasteiger partial charge in [-0.1, -0.05) is 6.42 Å². The van der Waals surface area contributed by atoms with Gasteiger partial charge in [-0.2, -0.15) is 18.3 Å². The van der Waals surface area contributed by atoms with Crippen molar-refractivity contribution in [1.29, 1.82) is 0 Å². The van der Waals surface area contributed by atoms with Gasteiger partial charge in [0.15, 0.2) is 17.2 Å². The summed E-state index contributed by atoms with van der Waals surface area (Å²) in [4.78, 5) is 17.0. The Balaban J connectivity index is 1.70. The minimum Gasteiger partial charge on any atom is -0.393 e. The first-order valence-corrected chi connectivity index (χ1v) is 9.59. The van der Waals surface area contributed by atoms with E-state index < -0.39 is 29.6 Å². The number of rotatable bonds is 3. The number of anilines is 3. The second kappa shape index (κ2) is 7.41. The molecule has 0 radical (unpaired) electrons. The Morgan fingerprint density at radius 1 is 1.23 bits per heavy atom. The van der Waals surface area contributed by atoms with E-state index in [0.29, 0.717) is 12.0 Å². The highest BCUT2D eigenvalue weighted by Crippen LogP contribution is 2.36. The largest absolute Gasteiger partial charge is 0.437 e. The van der Waals surface area contributed by atoms with Crippen molar-refractivity contribution in [3.63, 3.8) is 0 Å². The van der Waals surface area contributed by atoms with Crippen LogP contribution < -0.4 is 16.8 Å². The molecule has 4 rings (SSSR count). The van der Waals surface area contributed by atoms with Crippen LogP contribution in [-0.2, 0) is 13.2 Å². The number of alkyl halides is 3. The summed E-state index contributed by atoms with van der Waals surface area (Å²) in [7, 11) is 1.31. The molecule has 1 fully saturated rings. The van der Waals surface area contributed by atoms with E-state index >= 15 is 0 Å². The number of halogens is 3. The molecule has 0 bridgehead atoms. The van der Waals surface area contributed by atoms with Crippen LogP contribution >= 0.6 is 0 Å². The van der Waals surface area contributed by atoms with Crippen LogP contribution in [0.5, 0.6) is 0 Å². The molecule has 1 saturated carbocycles. The fourth-order valence-corrected chi connectivity index (χ4v) is 3.97. The van der Waals surface area contributed by atoms with Crippen LogP contribution in [0.15, 0.2) is 12.4 Å². The number of aromatic nitrogens is 5. The van der Waals surface area contributed by atoms with Gasteiger partial charge in [-0.25, -0.2) is 9.50 Å². The minimum atomic E-state index is -4.75. The van der Waals surface area contributed by atoms with Gasteiger partial charge in [-0.15, -0.1) is 5.10 Å². The van der Waals surface area contributed by atoms with Gasteiger partial charge < -0.3 is 21.9 Å². The lowest BCUT2D eigenvalue weighted by Gasteiger charge is -2.26. The number of aliphatic hydroxyl groups excluding tert-OH is 1. The van der Waals surface area contributed by atoms with E-state index in [0.717, 1.165) is 30.1 Å². The van der Waals surface area contributed by atoms with E-state index in [1.54, 1.807) is 6.20 Å². The van der Waals surface area contributed by atoms with Gasteiger partial charge in [0.05, 0.1) is 11.8 Å². The molecule has 3 heterocycles. The van der Waals surface area contributed by atoms with Gasteiger partial charge in [-0.05, 0) is 25.2 Å². The summed E-state index contributed by atoms with van der Waals surface area (Å²) < 4.78 is 41.7. The van der Waals surface area contributed by atoms with Gasteiger partial charge in [0.1, 0.15) is 11.4 Å². The summed E-state index contributed by atoms with van der Waals surface area (Å²) in [6.45, 7) is 0. The fourth-order valence-electron chi connectivity index (χ4n) is 3.97. The number of nitrogens with two attached hydrogens (primary N) is 2. The van der Waals surface area contributed by atoms with Crippen molar-refractivity contribution >= 4 is 28.9 Å². The molecular formula is C18H21F3N8O2. The van der Waals surface area contributed by atoms with Crippen molar-refractivity contribution in [3.05, 3.63) is 29.2 Å². The standard InChI is InChI=1S/C18H21F3N8O2/c1-28-7-11(13(26-28)18(19,20)21)24-17(31)12-15(23)27-29-6-10(14(22)25-16(12)29)8-3-2-4-9(30)5-8/h6-9,30H,2-5H2,1H3,(H2,22,25)(H2,23,27)(H,24,31). The fraction of sp³-hybridized carbons (Fsp3) is 0.444. The van der Waals surface area contributed by atoms with Gasteiger partial charge in [0.2, 0.25) is 0 Å². The molecule has 3 aromatic rings. The Morgan fingerprint density at radius 2 is 1.97 bits per heavy atom. The zero-order chi connectivity index (χ0) is 22.5. The molecule has 1 aliphatic rings. The zero-order valence-electron chi connectivity index (χ0n) is 16.5. The summed E-state index contributed by atoms with van der Waals surface area (Å²) in [5, 5.41) is 19.6. The number of aliphatic hydroxyl groups is 1. The van der Waals surface area contributed by atoms with E-state index in [4.69, 9.17) is 11.5 Å². The van der Waals surface area contributed by atoms with Gasteiger partial charge >= 0.3 is 6.18 Å². The van der Waals surface area contributed by atoms with Crippen LogP contribution in [0.3, 0.4) is 0 Å². The lowest BCUT2D eigenvalue weighted by molar-refractivity contribution is -0.140. The lowest BCUT2D eigenvalue weighted by atomic mass is 9.83. The predicted octanol–water partition coefficient (Wildman–Crippen LogP) is 1.92. The van der Waals surface area contributed by atoms with Gasteiger partial charge in [0.25, 0.3) is 5.91 Å². The summed E-state index contributed by atoms with van der Waals surface area (Å²) in [5.74, 6) is -0.993. The molecule has 2 atom stereocenters. The summed E-state index contributed by atoms with van der Waals surface area (Å²) in [6.07, 6.45) is 0.362. The number of nitrogens with one attached hydrogen (secondary N) is 1. The third-order valence-corrected chi connectivity index (χ3v) is 5.35. The quantitative estimate of drug-likeness (QED) is 0.488. The average Bonchev–Trinajstić information content (AvgIpc) is 3.19. The van der Waals surface area contributed by atoms with Crippen LogP contribution in [0.25, 0.3) is 5.65 Å². The number of aryl methyl sites for hydroxylation is 1. The molecule has 31 heavy (non-hydrogen) atoms. The van der Waals surface area contributed by atoms with Crippen LogP contribution in [-0.4, -0.2) is 41.5 Å². The molecule has 3 aromatic heterocycles. The van der Waals surface area contributed by atoms with E-state index in [-0.39, 0.29) is 28.8 Å². The van der Waals surface area contributed by atoms with Crippen molar-refractivity contribution < 1.29 is 23.1 Å². The van der Waals surface area contributed by atoms with Crippen molar-refractivity contribution in [3.8, 4) is 0 Å². The molecule has 0 saturated heterocycles. The minimum absolute atomic E-state index is 0.0186. The topological polar surface area (TPSA) is 149 Å². The van der Waals surface area contributed by atoms with Crippen molar-refractivity contribution in [2.45, 2.75) is 43.9 Å². The first-order valence-electron chi connectivity index (χ1n) is 9.59. The number of amides is 1. The lowest BCUT2D eigenvalue weighted by Crippen LogP contribution is -2.20. The highest BCUT2D eigenvalue weighted by molar-refractivity contribution is 6.11. The van der Waals surface area contributed by atoms with E-state index in [9.17, 15) is 23.1 Å². The first kappa shape index (κ1) is 20.9. The Labute approximate surface area is 174 Å². The monoisotopic (exact) mass is 438 g/mol. The molecule has 0 spiro atoms. The molecule has 1 amide bonds. The van der Waals surface area contributed by atoms with Gasteiger partial charge in [0, 0.05) is 25.0 Å². The normalized spacial score (nSPS) is 19.6. The zero-order valence-corrected chi connectivity index (χ0v) is 16.5. The molecule has 6 N–H and O–H groups in total. The van der Waals surface area contributed by atoms with Crippen LogP contribution in [0.4, 0.5) is 30.5 Å². The second-order valence-electron chi connectivity index (χ2n) is 7.64. The molecule has 166 valence electrons. The number of nitrogens with zero attached hydrogens (tertiary/aromatic N) is 5. The third kappa shape index (κ3) is 3.87. The highest BCUT2D eigenvalue weighted by atomic mass is 19.4. The van der Waals surface area contributed by atoms with Crippen molar-refractivity contribution in [2.24, 2.45) is 7.05 Å². The number of fused-ring (bicyclic) bond motifs is 1. The Hall–Kier alpha value is -3.35. The maximum absolute atomic E-state index is 13.2. The highest BCUT2D eigenvalue weighted by Gasteiger charge is 2.38. The molecule has 0 aliphatic heterocycles. The molecule has 13 heteroatoms. The van der Waals surface area contributed by atoms with Crippen LogP contribution in [0.1, 0.15) is 53.2 Å². The summed E-state index contributed by atoms with van der Waals surface area (Å²) >= 11 is 0. The van der Waals surface area contributed by atoms with Crippen LogP contribution in [0.2, 0.25) is 0 Å². The SMILES string of the molecule is Cn1cc(NC(=O)c2c(N)nn3cc(C4CCCC(O)C4)c(N)nc23)c(C(F)(F)F)n1. The Morgan fingerprint density at radius 3 is 2.65 bits per heavy atom. The first-order chi connectivity index (χ1) is 14.5. The Kier molecular flexibility index (Phi) is 5.00. The predicted molar refractivity (Wildman–Crippen MR) is 105 cm³/mol. The number of carbonyl (C=O) groups is 1. The molecular weight excluding hydrogens is 417 g/mol.